The highest BCUT2D eigenvalue weighted by atomic mass is 35.5. The lowest BCUT2D eigenvalue weighted by Gasteiger charge is -2.23. The van der Waals surface area contributed by atoms with Crippen molar-refractivity contribution in [1.29, 1.82) is 0 Å². The number of nitrogen functional groups attached to an aromatic ring is 1. The molecule has 5 nitrogen and oxygen atoms in total. The van der Waals surface area contributed by atoms with Crippen LogP contribution in [0.3, 0.4) is 0 Å². The molecule has 18 heavy (non-hydrogen) atoms. The van der Waals surface area contributed by atoms with Crippen LogP contribution in [-0.2, 0) is 4.79 Å². The number of amides is 2. The normalized spacial score (nSPS) is 18.9. The highest BCUT2D eigenvalue weighted by molar-refractivity contribution is 6.34. The van der Waals surface area contributed by atoms with Gasteiger partial charge in [-0.25, -0.2) is 0 Å². The van der Waals surface area contributed by atoms with Crippen LogP contribution < -0.4 is 11.5 Å². The zero-order valence-corrected chi connectivity index (χ0v) is 10.5. The number of nitrogens with two attached hydrogens (primary N) is 2. The van der Waals surface area contributed by atoms with Crippen LogP contribution in [0.15, 0.2) is 18.2 Å². The number of likely N-dealkylation sites (tertiary alicyclic amines) is 1. The van der Waals surface area contributed by atoms with Crippen LogP contribution >= 0.6 is 11.6 Å². The Kier molecular flexibility index (Phi) is 3.43. The molecule has 2 rings (SSSR count). The maximum Gasteiger partial charge on any atom is 0.258 e. The SMILES string of the molecule is NC(=O)C1CCCN1C(=O)c1c(N)cccc1Cl. The Bertz CT molecular complexity index is 484. The summed E-state index contributed by atoms with van der Waals surface area (Å²) in [6.07, 6.45) is 1.34. The second-order valence-corrected chi connectivity index (χ2v) is 4.67. The lowest BCUT2D eigenvalue weighted by atomic mass is 10.1. The molecule has 0 spiro atoms. The van der Waals surface area contributed by atoms with Gasteiger partial charge in [-0.05, 0) is 25.0 Å². The van der Waals surface area contributed by atoms with E-state index in [2.05, 4.69) is 0 Å². The molecule has 1 aromatic carbocycles. The summed E-state index contributed by atoms with van der Waals surface area (Å²) in [5, 5.41) is 0.287. The van der Waals surface area contributed by atoms with Crippen molar-refractivity contribution in [2.75, 3.05) is 12.3 Å². The average Bonchev–Trinajstić information content (AvgIpc) is 2.77. The summed E-state index contributed by atoms with van der Waals surface area (Å²) in [7, 11) is 0. The number of rotatable bonds is 2. The minimum absolute atomic E-state index is 0.243. The van der Waals surface area contributed by atoms with Gasteiger partial charge in [0.2, 0.25) is 5.91 Å². The molecule has 1 aliphatic rings. The molecule has 0 radical (unpaired) electrons. The third kappa shape index (κ3) is 2.13. The summed E-state index contributed by atoms with van der Waals surface area (Å²) in [5.41, 5.74) is 11.6. The number of benzene rings is 1. The molecule has 4 N–H and O–H groups in total. The zero-order chi connectivity index (χ0) is 13.3. The first-order valence-corrected chi connectivity index (χ1v) is 6.04. The van der Waals surface area contributed by atoms with Gasteiger partial charge in [0, 0.05) is 12.2 Å². The number of halogens is 1. The van der Waals surface area contributed by atoms with Crippen molar-refractivity contribution in [3.8, 4) is 0 Å². The van der Waals surface area contributed by atoms with Gasteiger partial charge in [-0.3, -0.25) is 9.59 Å². The Balaban J connectivity index is 2.34. The van der Waals surface area contributed by atoms with E-state index < -0.39 is 11.9 Å². The van der Waals surface area contributed by atoms with Crippen LogP contribution in [0.1, 0.15) is 23.2 Å². The molecule has 1 unspecified atom stereocenters. The first-order valence-electron chi connectivity index (χ1n) is 5.66. The molecule has 1 aromatic rings. The molecule has 0 saturated carbocycles. The number of hydrogen-bond donors (Lipinski definition) is 2. The third-order valence-electron chi connectivity index (χ3n) is 3.10. The number of hydrogen-bond acceptors (Lipinski definition) is 3. The van der Waals surface area contributed by atoms with Crippen LogP contribution in [0.4, 0.5) is 5.69 Å². The fourth-order valence-electron chi connectivity index (χ4n) is 2.22. The second-order valence-electron chi connectivity index (χ2n) is 4.26. The molecule has 1 fully saturated rings. The van der Waals surface area contributed by atoms with E-state index >= 15 is 0 Å². The molecule has 96 valence electrons. The smallest absolute Gasteiger partial charge is 0.258 e. The minimum Gasteiger partial charge on any atom is -0.398 e. The zero-order valence-electron chi connectivity index (χ0n) is 9.73. The van der Waals surface area contributed by atoms with Crippen molar-refractivity contribution in [1.82, 2.24) is 4.90 Å². The molecule has 1 atom stereocenters. The Morgan fingerprint density at radius 2 is 2.11 bits per heavy atom. The molecule has 2 amide bonds. The van der Waals surface area contributed by atoms with E-state index in [-0.39, 0.29) is 16.5 Å². The van der Waals surface area contributed by atoms with Crippen molar-refractivity contribution in [3.05, 3.63) is 28.8 Å². The predicted molar refractivity (Wildman–Crippen MR) is 69.1 cm³/mol. The highest BCUT2D eigenvalue weighted by Crippen LogP contribution is 2.27. The lowest BCUT2D eigenvalue weighted by molar-refractivity contribution is -0.121. The molecule has 0 aliphatic carbocycles. The molecule has 0 aromatic heterocycles. The van der Waals surface area contributed by atoms with Gasteiger partial charge in [0.1, 0.15) is 6.04 Å². The Labute approximate surface area is 110 Å². The van der Waals surface area contributed by atoms with E-state index in [0.29, 0.717) is 18.7 Å². The Morgan fingerprint density at radius 1 is 1.39 bits per heavy atom. The van der Waals surface area contributed by atoms with Gasteiger partial charge in [0.15, 0.2) is 0 Å². The van der Waals surface area contributed by atoms with Crippen molar-refractivity contribution >= 4 is 29.1 Å². The number of anilines is 1. The summed E-state index contributed by atoms with van der Waals surface area (Å²) in [6.45, 7) is 0.497. The molecule has 0 bridgehead atoms. The minimum atomic E-state index is -0.562. The summed E-state index contributed by atoms with van der Waals surface area (Å²) >= 11 is 5.99. The molecule has 6 heteroatoms. The molecule has 1 heterocycles. The van der Waals surface area contributed by atoms with Crippen molar-refractivity contribution in [3.63, 3.8) is 0 Å². The topological polar surface area (TPSA) is 89.4 Å². The fraction of sp³-hybridized carbons (Fsp3) is 0.333. The van der Waals surface area contributed by atoms with Gasteiger partial charge in [-0.2, -0.15) is 0 Å². The van der Waals surface area contributed by atoms with Gasteiger partial charge in [-0.1, -0.05) is 17.7 Å². The van der Waals surface area contributed by atoms with Gasteiger partial charge in [-0.15, -0.1) is 0 Å². The van der Waals surface area contributed by atoms with E-state index in [4.69, 9.17) is 23.1 Å². The summed E-state index contributed by atoms with van der Waals surface area (Å²) in [4.78, 5) is 25.1. The second kappa shape index (κ2) is 4.86. The number of carbonyl (C=O) groups excluding carboxylic acids is 2. The number of nitrogens with zero attached hydrogens (tertiary/aromatic N) is 1. The maximum absolute atomic E-state index is 12.4. The monoisotopic (exact) mass is 267 g/mol. The van der Waals surface area contributed by atoms with Crippen molar-refractivity contribution in [2.45, 2.75) is 18.9 Å². The van der Waals surface area contributed by atoms with Crippen LogP contribution in [0, 0.1) is 0 Å². The fourth-order valence-corrected chi connectivity index (χ4v) is 2.48. The van der Waals surface area contributed by atoms with E-state index in [1.54, 1.807) is 18.2 Å². The van der Waals surface area contributed by atoms with Crippen LogP contribution in [0.5, 0.6) is 0 Å². The van der Waals surface area contributed by atoms with Crippen LogP contribution in [0.25, 0.3) is 0 Å². The largest absolute Gasteiger partial charge is 0.398 e. The molecular formula is C12H14ClN3O2. The van der Waals surface area contributed by atoms with Crippen molar-refractivity contribution in [2.24, 2.45) is 5.73 Å². The first kappa shape index (κ1) is 12.7. The molecule has 1 aliphatic heterocycles. The van der Waals surface area contributed by atoms with Crippen LogP contribution in [0.2, 0.25) is 5.02 Å². The predicted octanol–water partition coefficient (Wildman–Crippen LogP) is 1.01. The van der Waals surface area contributed by atoms with Crippen LogP contribution in [-0.4, -0.2) is 29.3 Å². The molecule has 1 saturated heterocycles. The highest BCUT2D eigenvalue weighted by Gasteiger charge is 2.34. The summed E-state index contributed by atoms with van der Waals surface area (Å²) in [6, 6.07) is 4.31. The van der Waals surface area contributed by atoms with E-state index in [9.17, 15) is 9.59 Å². The molecular weight excluding hydrogens is 254 g/mol. The van der Waals surface area contributed by atoms with Gasteiger partial charge in [0.25, 0.3) is 5.91 Å². The van der Waals surface area contributed by atoms with Gasteiger partial charge >= 0.3 is 0 Å². The van der Waals surface area contributed by atoms with Gasteiger partial charge < -0.3 is 16.4 Å². The summed E-state index contributed by atoms with van der Waals surface area (Å²) < 4.78 is 0. The van der Waals surface area contributed by atoms with Gasteiger partial charge in [0.05, 0.1) is 10.6 Å². The van der Waals surface area contributed by atoms with E-state index in [1.807, 2.05) is 0 Å². The van der Waals surface area contributed by atoms with E-state index in [1.165, 1.54) is 4.90 Å². The van der Waals surface area contributed by atoms with E-state index in [0.717, 1.165) is 6.42 Å². The number of carbonyl (C=O) groups is 2. The third-order valence-corrected chi connectivity index (χ3v) is 3.42. The Morgan fingerprint density at radius 3 is 2.72 bits per heavy atom. The Hall–Kier alpha value is -1.75. The lowest BCUT2D eigenvalue weighted by Crippen LogP contribution is -2.44. The van der Waals surface area contributed by atoms with Crippen molar-refractivity contribution < 1.29 is 9.59 Å². The summed E-state index contributed by atoms with van der Waals surface area (Å²) in [5.74, 6) is -0.828. The average molecular weight is 268 g/mol. The quantitative estimate of drug-likeness (QED) is 0.784. The first-order chi connectivity index (χ1) is 8.52. The standard InChI is InChI=1S/C12H14ClN3O2/c13-7-3-1-4-8(14)10(7)12(18)16-6-2-5-9(16)11(15)17/h1,3-4,9H,2,5-6,14H2,(H2,15,17). The maximum atomic E-state index is 12.4. The number of primary amides is 1.